The van der Waals surface area contributed by atoms with Crippen LogP contribution in [-0.2, 0) is 11.2 Å². The molecule has 94 valence electrons. The maximum absolute atomic E-state index is 13.3. The van der Waals surface area contributed by atoms with E-state index in [9.17, 15) is 13.6 Å². The molecule has 1 aromatic heterocycles. The second-order valence-corrected chi connectivity index (χ2v) is 3.41. The molecule has 7 heteroatoms. The molecule has 2 rings (SSSR count). The van der Waals surface area contributed by atoms with Gasteiger partial charge in [-0.05, 0) is 11.6 Å². The fraction of sp³-hybridized carbons (Fsp3) is 0.182. The Morgan fingerprint density at radius 1 is 1.39 bits per heavy atom. The number of nitrogens with zero attached hydrogens (tertiary/aromatic N) is 2. The molecule has 1 aromatic carbocycles. The topological polar surface area (TPSA) is 65.2 Å². The van der Waals surface area contributed by atoms with Crippen LogP contribution in [0, 0.1) is 11.6 Å². The van der Waals surface area contributed by atoms with Gasteiger partial charge in [0.1, 0.15) is 11.6 Å². The maximum Gasteiger partial charge on any atom is 0.396 e. The number of rotatable bonds is 3. The lowest BCUT2D eigenvalue weighted by molar-refractivity contribution is 0.0554. The number of methoxy groups -OCH3 is 1. The lowest BCUT2D eigenvalue weighted by Crippen LogP contribution is -2.00. The summed E-state index contributed by atoms with van der Waals surface area (Å²) in [6.07, 6.45) is -0.0316. The van der Waals surface area contributed by atoms with Crippen LogP contribution in [0.15, 0.2) is 22.6 Å². The molecule has 0 fully saturated rings. The molecule has 0 radical (unpaired) electrons. The monoisotopic (exact) mass is 254 g/mol. The van der Waals surface area contributed by atoms with Gasteiger partial charge in [0.05, 0.1) is 13.5 Å². The van der Waals surface area contributed by atoms with Crippen molar-refractivity contribution in [3.05, 3.63) is 47.2 Å². The highest BCUT2D eigenvalue weighted by atomic mass is 19.1. The minimum absolute atomic E-state index is 0.0316. The fourth-order valence-electron chi connectivity index (χ4n) is 1.32. The van der Waals surface area contributed by atoms with Gasteiger partial charge in [-0.2, -0.15) is 0 Å². The summed E-state index contributed by atoms with van der Waals surface area (Å²) in [5.74, 6) is -2.42. The number of hydrogen-bond donors (Lipinski definition) is 0. The van der Waals surface area contributed by atoms with Crippen molar-refractivity contribution in [3.8, 4) is 0 Å². The molecule has 0 bridgehead atoms. The van der Waals surface area contributed by atoms with Crippen molar-refractivity contribution >= 4 is 5.97 Å². The van der Waals surface area contributed by atoms with Crippen molar-refractivity contribution in [2.75, 3.05) is 7.11 Å². The molecule has 0 N–H and O–H groups in total. The smallest absolute Gasteiger partial charge is 0.396 e. The van der Waals surface area contributed by atoms with E-state index in [1.807, 2.05) is 0 Å². The van der Waals surface area contributed by atoms with Gasteiger partial charge in [-0.15, -0.1) is 10.2 Å². The van der Waals surface area contributed by atoms with E-state index in [-0.39, 0.29) is 23.8 Å². The molecule has 5 nitrogen and oxygen atoms in total. The Bertz CT molecular complexity index is 583. The van der Waals surface area contributed by atoms with Crippen LogP contribution in [0.4, 0.5) is 8.78 Å². The Balaban J connectivity index is 2.18. The van der Waals surface area contributed by atoms with Gasteiger partial charge in [0.15, 0.2) is 0 Å². The molecule has 18 heavy (non-hydrogen) atoms. The number of carbonyl (C=O) groups is 1. The molecule has 0 unspecified atom stereocenters. The first-order valence-corrected chi connectivity index (χ1v) is 4.95. The van der Waals surface area contributed by atoms with E-state index in [0.717, 1.165) is 12.1 Å². The van der Waals surface area contributed by atoms with Crippen molar-refractivity contribution in [1.29, 1.82) is 0 Å². The van der Waals surface area contributed by atoms with Gasteiger partial charge in [0.2, 0.25) is 5.89 Å². The van der Waals surface area contributed by atoms with E-state index >= 15 is 0 Å². The summed E-state index contributed by atoms with van der Waals surface area (Å²) in [7, 11) is 1.17. The Morgan fingerprint density at radius 2 is 2.17 bits per heavy atom. The average molecular weight is 254 g/mol. The van der Waals surface area contributed by atoms with Gasteiger partial charge in [-0.25, -0.2) is 13.6 Å². The standard InChI is InChI=1S/C11H8F2N2O3/c1-17-11(16)10-15-14-9(18-10)4-6-2-3-7(12)5-8(6)13/h2-3,5H,4H2,1H3. The second-order valence-electron chi connectivity index (χ2n) is 3.41. The largest absolute Gasteiger partial charge is 0.462 e. The minimum atomic E-state index is -0.770. The van der Waals surface area contributed by atoms with Gasteiger partial charge in [-0.3, -0.25) is 0 Å². The van der Waals surface area contributed by atoms with Gasteiger partial charge in [-0.1, -0.05) is 6.07 Å². The van der Waals surface area contributed by atoms with Crippen LogP contribution in [0.3, 0.4) is 0 Å². The van der Waals surface area contributed by atoms with Crippen LogP contribution in [0.1, 0.15) is 22.1 Å². The van der Waals surface area contributed by atoms with E-state index in [1.165, 1.54) is 13.2 Å². The molecular formula is C11H8F2N2O3. The quantitative estimate of drug-likeness (QED) is 0.780. The van der Waals surface area contributed by atoms with E-state index in [0.29, 0.717) is 0 Å². The van der Waals surface area contributed by atoms with Crippen molar-refractivity contribution in [2.24, 2.45) is 0 Å². The summed E-state index contributed by atoms with van der Waals surface area (Å²) in [6.45, 7) is 0. The SMILES string of the molecule is COC(=O)c1nnc(Cc2ccc(F)cc2F)o1. The second kappa shape index (κ2) is 4.91. The zero-order chi connectivity index (χ0) is 13.1. The zero-order valence-electron chi connectivity index (χ0n) is 9.31. The van der Waals surface area contributed by atoms with Gasteiger partial charge >= 0.3 is 11.9 Å². The summed E-state index contributed by atoms with van der Waals surface area (Å²) in [5.41, 5.74) is 0.191. The molecule has 0 spiro atoms. The minimum Gasteiger partial charge on any atom is -0.462 e. The van der Waals surface area contributed by atoms with E-state index in [4.69, 9.17) is 4.42 Å². The summed E-state index contributed by atoms with van der Waals surface area (Å²) < 4.78 is 35.4. The number of aromatic nitrogens is 2. The molecule has 1 heterocycles. The summed E-state index contributed by atoms with van der Waals surface area (Å²) in [6, 6.07) is 3.15. The van der Waals surface area contributed by atoms with Gasteiger partial charge < -0.3 is 9.15 Å². The summed E-state index contributed by atoms with van der Waals surface area (Å²) >= 11 is 0. The van der Waals surface area contributed by atoms with Gasteiger partial charge in [0.25, 0.3) is 0 Å². The van der Waals surface area contributed by atoms with Crippen LogP contribution >= 0.6 is 0 Å². The van der Waals surface area contributed by atoms with Crippen molar-refractivity contribution in [3.63, 3.8) is 0 Å². The Labute approximate surface area is 100 Å². The number of carbonyl (C=O) groups excluding carboxylic acids is 1. The Hall–Kier alpha value is -2.31. The predicted octanol–water partition coefficient (Wildman–Crippen LogP) is 1.73. The molecule has 0 amide bonds. The van der Waals surface area contributed by atoms with E-state index in [2.05, 4.69) is 14.9 Å². The predicted molar refractivity (Wildman–Crippen MR) is 54.8 cm³/mol. The number of ether oxygens (including phenoxy) is 1. The first-order valence-electron chi connectivity index (χ1n) is 4.95. The van der Waals surface area contributed by atoms with Crippen LogP contribution in [0.2, 0.25) is 0 Å². The lowest BCUT2D eigenvalue weighted by atomic mass is 10.1. The third kappa shape index (κ3) is 2.50. The molecule has 0 aliphatic rings. The Morgan fingerprint density at radius 3 is 2.83 bits per heavy atom. The summed E-state index contributed by atoms with van der Waals surface area (Å²) in [5, 5.41) is 7.01. The zero-order valence-corrected chi connectivity index (χ0v) is 9.31. The Kier molecular flexibility index (Phi) is 3.31. The van der Waals surface area contributed by atoms with E-state index in [1.54, 1.807) is 0 Å². The van der Waals surface area contributed by atoms with Crippen molar-refractivity contribution in [2.45, 2.75) is 6.42 Å². The molecule has 0 aliphatic carbocycles. The highest BCUT2D eigenvalue weighted by Crippen LogP contribution is 2.14. The van der Waals surface area contributed by atoms with Crippen LogP contribution in [-0.4, -0.2) is 23.3 Å². The number of esters is 1. The van der Waals surface area contributed by atoms with Crippen molar-refractivity contribution in [1.82, 2.24) is 10.2 Å². The first kappa shape index (κ1) is 12.2. The lowest BCUT2D eigenvalue weighted by Gasteiger charge is -1.99. The first-order chi connectivity index (χ1) is 8.60. The molecule has 0 saturated carbocycles. The molecule has 0 atom stereocenters. The van der Waals surface area contributed by atoms with Gasteiger partial charge in [0, 0.05) is 6.07 Å². The van der Waals surface area contributed by atoms with E-state index < -0.39 is 17.6 Å². The fourth-order valence-corrected chi connectivity index (χ4v) is 1.32. The number of halogens is 2. The van der Waals surface area contributed by atoms with Crippen LogP contribution < -0.4 is 0 Å². The molecule has 0 saturated heterocycles. The van der Waals surface area contributed by atoms with Crippen molar-refractivity contribution < 1.29 is 22.7 Å². The van der Waals surface area contributed by atoms with Crippen LogP contribution in [0.25, 0.3) is 0 Å². The maximum atomic E-state index is 13.3. The number of hydrogen-bond acceptors (Lipinski definition) is 5. The average Bonchev–Trinajstić information content (AvgIpc) is 2.80. The summed E-state index contributed by atoms with van der Waals surface area (Å²) in [4.78, 5) is 11.0. The normalized spacial score (nSPS) is 10.4. The highest BCUT2D eigenvalue weighted by molar-refractivity contribution is 5.83. The molecule has 0 aliphatic heterocycles. The third-order valence-corrected chi connectivity index (χ3v) is 2.18. The third-order valence-electron chi connectivity index (χ3n) is 2.18. The van der Waals surface area contributed by atoms with Crippen LogP contribution in [0.5, 0.6) is 0 Å². The molecule has 2 aromatic rings. The molecular weight excluding hydrogens is 246 g/mol. The highest BCUT2D eigenvalue weighted by Gasteiger charge is 2.16. The number of benzene rings is 1.